The van der Waals surface area contributed by atoms with E-state index < -0.39 is 0 Å². The van der Waals surface area contributed by atoms with E-state index in [1.165, 1.54) is 28.7 Å². The van der Waals surface area contributed by atoms with Crippen molar-refractivity contribution in [2.24, 2.45) is 47.3 Å². The third-order valence-corrected chi connectivity index (χ3v) is 9.47. The molecule has 4 bridgehead atoms. The van der Waals surface area contributed by atoms with Gasteiger partial charge in [-0.25, -0.2) is 0 Å². The highest BCUT2D eigenvalue weighted by Gasteiger charge is 2.71. The van der Waals surface area contributed by atoms with Crippen molar-refractivity contribution in [3.63, 3.8) is 0 Å². The number of amides is 2. The highest BCUT2D eigenvalue weighted by Crippen LogP contribution is 2.70. The molecule has 8 atom stereocenters. The third kappa shape index (κ3) is 1.68. The summed E-state index contributed by atoms with van der Waals surface area (Å²) < 4.78 is 0. The van der Waals surface area contributed by atoms with E-state index in [-0.39, 0.29) is 23.7 Å². The van der Waals surface area contributed by atoms with Crippen molar-refractivity contribution < 1.29 is 9.59 Å². The van der Waals surface area contributed by atoms with Gasteiger partial charge in [0, 0.05) is 0 Å². The molecule has 3 saturated carbocycles. The zero-order valence-electron chi connectivity index (χ0n) is 16.7. The maximum Gasteiger partial charge on any atom is 0.237 e. The lowest BCUT2D eigenvalue weighted by atomic mass is 9.65. The lowest BCUT2D eigenvalue weighted by molar-refractivity contribution is -0.123. The average molecular weight is 393 g/mol. The highest BCUT2D eigenvalue weighted by molar-refractivity contribution is 6.22. The van der Waals surface area contributed by atoms with E-state index in [0.717, 1.165) is 18.5 Å². The number of carbonyl (C=O) groups is 2. The van der Waals surface area contributed by atoms with Crippen LogP contribution in [0, 0.1) is 47.3 Å². The molecule has 0 aromatic heterocycles. The van der Waals surface area contributed by atoms with Crippen molar-refractivity contribution in [3.05, 3.63) is 65.7 Å². The van der Waals surface area contributed by atoms with Gasteiger partial charge in [-0.05, 0) is 89.2 Å². The maximum atomic E-state index is 13.6. The van der Waals surface area contributed by atoms with Crippen LogP contribution in [0.1, 0.15) is 24.0 Å². The summed E-state index contributed by atoms with van der Waals surface area (Å²) in [5.74, 6) is 3.49. The van der Waals surface area contributed by atoms with E-state index in [9.17, 15) is 9.59 Å². The van der Waals surface area contributed by atoms with Crippen LogP contribution in [0.15, 0.2) is 54.6 Å². The van der Waals surface area contributed by atoms with E-state index in [1.54, 1.807) is 4.90 Å². The summed E-state index contributed by atoms with van der Waals surface area (Å²) in [6.07, 6.45) is 8.05. The van der Waals surface area contributed by atoms with Gasteiger partial charge in [0.1, 0.15) is 0 Å². The monoisotopic (exact) mass is 393 g/mol. The number of nitrogens with zero attached hydrogens (tertiary/aromatic N) is 1. The largest absolute Gasteiger partial charge is 0.274 e. The Morgan fingerprint density at radius 3 is 2.13 bits per heavy atom. The molecule has 1 saturated heterocycles. The van der Waals surface area contributed by atoms with Crippen LogP contribution in [-0.4, -0.2) is 11.8 Å². The topological polar surface area (TPSA) is 37.4 Å². The van der Waals surface area contributed by atoms with Crippen molar-refractivity contribution >= 4 is 17.5 Å². The highest BCUT2D eigenvalue weighted by atomic mass is 16.2. The molecule has 5 aliphatic carbocycles. The van der Waals surface area contributed by atoms with Gasteiger partial charge in [-0.3, -0.25) is 14.5 Å². The number of allylic oxidation sites excluding steroid dienone is 2. The molecule has 0 radical (unpaired) electrons. The van der Waals surface area contributed by atoms with Gasteiger partial charge in [-0.2, -0.15) is 0 Å². The summed E-state index contributed by atoms with van der Waals surface area (Å²) in [6.45, 7) is 0. The molecule has 30 heavy (non-hydrogen) atoms. The number of rotatable bonds is 1. The molecule has 8 unspecified atom stereocenters. The average Bonchev–Trinajstić information content (AvgIpc) is 3.57. The molecule has 0 spiro atoms. The molecule has 1 aliphatic heterocycles. The Labute approximate surface area is 175 Å². The summed E-state index contributed by atoms with van der Waals surface area (Å²) in [5, 5.41) is 0. The number of hydrogen-bond acceptors (Lipinski definition) is 2. The standard InChI is InChI=1S/C27H23NO2/c29-26-24-20-12-21(23-15-6-5-14(10-15)22(20)23)25(24)27(30)28(26)17-7-8-19-16(11-17)9-13-3-1-2-4-18(13)19/h1-8,11,14-15,20-25H,9-10,12H2. The van der Waals surface area contributed by atoms with Crippen molar-refractivity contribution in [2.75, 3.05) is 4.90 Å². The molecule has 148 valence electrons. The van der Waals surface area contributed by atoms with Crippen LogP contribution >= 0.6 is 0 Å². The first-order valence-electron chi connectivity index (χ1n) is 11.5. The summed E-state index contributed by atoms with van der Waals surface area (Å²) in [4.78, 5) is 28.7. The minimum Gasteiger partial charge on any atom is -0.274 e. The van der Waals surface area contributed by atoms with Crippen LogP contribution in [0.3, 0.4) is 0 Å². The first-order chi connectivity index (χ1) is 14.7. The number of anilines is 1. The molecule has 2 aromatic rings. The number of benzene rings is 2. The van der Waals surface area contributed by atoms with Gasteiger partial charge in [0.2, 0.25) is 11.8 Å². The van der Waals surface area contributed by atoms with Crippen LogP contribution in [-0.2, 0) is 16.0 Å². The van der Waals surface area contributed by atoms with Crippen molar-refractivity contribution in [1.29, 1.82) is 0 Å². The smallest absolute Gasteiger partial charge is 0.237 e. The van der Waals surface area contributed by atoms with Gasteiger partial charge in [0.05, 0.1) is 17.5 Å². The van der Waals surface area contributed by atoms with Crippen molar-refractivity contribution in [3.8, 4) is 11.1 Å². The van der Waals surface area contributed by atoms with Gasteiger partial charge in [-0.1, -0.05) is 42.5 Å². The molecule has 6 aliphatic rings. The van der Waals surface area contributed by atoms with Gasteiger partial charge in [0.15, 0.2) is 0 Å². The fraction of sp³-hybridized carbons (Fsp3) is 0.407. The second-order valence-electron chi connectivity index (χ2n) is 10.4. The number of imide groups is 1. The zero-order chi connectivity index (χ0) is 19.7. The fourth-order valence-electron chi connectivity index (χ4n) is 8.64. The van der Waals surface area contributed by atoms with E-state index in [1.807, 2.05) is 6.07 Å². The van der Waals surface area contributed by atoms with Crippen LogP contribution in [0.2, 0.25) is 0 Å². The Morgan fingerprint density at radius 1 is 0.733 bits per heavy atom. The Kier molecular flexibility index (Phi) is 2.75. The van der Waals surface area contributed by atoms with Crippen molar-refractivity contribution in [2.45, 2.75) is 19.3 Å². The molecule has 3 nitrogen and oxygen atoms in total. The van der Waals surface area contributed by atoms with Crippen LogP contribution in [0.5, 0.6) is 0 Å². The molecule has 2 aromatic carbocycles. The summed E-state index contributed by atoms with van der Waals surface area (Å²) >= 11 is 0. The van der Waals surface area contributed by atoms with Crippen LogP contribution < -0.4 is 4.90 Å². The second-order valence-corrected chi connectivity index (χ2v) is 10.4. The normalized spacial score (nSPS) is 40.9. The number of carbonyl (C=O) groups excluding carboxylic acids is 2. The van der Waals surface area contributed by atoms with E-state index in [4.69, 9.17) is 0 Å². The first-order valence-corrected chi connectivity index (χ1v) is 11.5. The molecule has 2 amide bonds. The van der Waals surface area contributed by atoms with E-state index in [2.05, 4.69) is 48.6 Å². The van der Waals surface area contributed by atoms with Gasteiger partial charge < -0.3 is 0 Å². The number of fused-ring (bicyclic) bond motifs is 15. The van der Waals surface area contributed by atoms with Crippen LogP contribution in [0.25, 0.3) is 11.1 Å². The third-order valence-electron chi connectivity index (χ3n) is 9.47. The van der Waals surface area contributed by atoms with Gasteiger partial charge in [0.25, 0.3) is 0 Å². The van der Waals surface area contributed by atoms with E-state index >= 15 is 0 Å². The maximum absolute atomic E-state index is 13.6. The predicted octanol–water partition coefficient (Wildman–Crippen LogP) is 4.45. The van der Waals surface area contributed by atoms with Gasteiger partial charge >= 0.3 is 0 Å². The lowest BCUT2D eigenvalue weighted by Gasteiger charge is -2.36. The SMILES string of the molecule is O=C1C2C3CC(C2C(=O)N1c1ccc2c(c1)Cc1ccccc1-2)C1C2C=CC(C2)C31. The fourth-order valence-corrected chi connectivity index (χ4v) is 8.64. The minimum absolute atomic E-state index is 0.0676. The molecule has 8 rings (SSSR count). The first kappa shape index (κ1) is 16.1. The minimum atomic E-state index is -0.0676. The molecular weight excluding hydrogens is 370 g/mol. The lowest BCUT2D eigenvalue weighted by Crippen LogP contribution is -2.38. The Morgan fingerprint density at radius 2 is 1.40 bits per heavy atom. The number of hydrogen-bond donors (Lipinski definition) is 0. The van der Waals surface area contributed by atoms with Gasteiger partial charge in [-0.15, -0.1) is 0 Å². The van der Waals surface area contributed by atoms with Crippen LogP contribution in [0.4, 0.5) is 5.69 Å². The second kappa shape index (κ2) is 5.14. The predicted molar refractivity (Wildman–Crippen MR) is 113 cm³/mol. The molecular formula is C27H23NO2. The molecule has 1 heterocycles. The Balaban J connectivity index is 1.17. The zero-order valence-corrected chi connectivity index (χ0v) is 16.7. The van der Waals surface area contributed by atoms with E-state index in [0.29, 0.717) is 35.5 Å². The quantitative estimate of drug-likeness (QED) is 0.348. The summed E-state index contributed by atoms with van der Waals surface area (Å²) in [7, 11) is 0. The Bertz CT molecular complexity index is 1150. The summed E-state index contributed by atoms with van der Waals surface area (Å²) in [6, 6.07) is 14.7. The Hall–Kier alpha value is -2.68. The summed E-state index contributed by atoms with van der Waals surface area (Å²) in [5.41, 5.74) is 5.87. The molecule has 0 N–H and O–H groups in total. The van der Waals surface area contributed by atoms with Crippen molar-refractivity contribution in [1.82, 2.24) is 0 Å². The molecule has 4 fully saturated rings. The molecule has 3 heteroatoms.